The average Bonchev–Trinajstić information content (AvgIpc) is 3.22. The van der Waals surface area contributed by atoms with Crippen molar-refractivity contribution in [1.82, 2.24) is 25.0 Å². The number of nitrogens with one attached hydrogen (secondary N) is 2. The number of aromatic amines is 1. The number of amides is 3. The van der Waals surface area contributed by atoms with Crippen molar-refractivity contribution in [3.63, 3.8) is 0 Å². The van der Waals surface area contributed by atoms with Gasteiger partial charge in [0.2, 0.25) is 5.91 Å². The maximum Gasteiger partial charge on any atom is 0.324 e. The van der Waals surface area contributed by atoms with E-state index in [2.05, 4.69) is 51.1 Å². The van der Waals surface area contributed by atoms with Gasteiger partial charge in [0.25, 0.3) is 0 Å². The molecule has 2 unspecified atom stereocenters. The number of fused-ring (bicyclic) bond motifs is 2. The molecule has 3 aliphatic rings. The normalized spacial score (nSPS) is 27.5. The summed E-state index contributed by atoms with van der Waals surface area (Å²) < 4.78 is 0. The Balaban J connectivity index is 1.45. The summed E-state index contributed by atoms with van der Waals surface area (Å²) in [7, 11) is 4.06. The second-order valence-electron chi connectivity index (χ2n) is 10.1. The fourth-order valence-corrected chi connectivity index (χ4v) is 6.24. The van der Waals surface area contributed by atoms with E-state index in [4.69, 9.17) is 0 Å². The molecule has 2 saturated heterocycles. The molecule has 1 aromatic heterocycles. The van der Waals surface area contributed by atoms with Crippen LogP contribution in [-0.2, 0) is 11.2 Å². The van der Waals surface area contributed by atoms with E-state index in [-0.39, 0.29) is 29.8 Å². The van der Waals surface area contributed by atoms with Crippen LogP contribution in [0.2, 0.25) is 0 Å². The van der Waals surface area contributed by atoms with Crippen LogP contribution in [0.15, 0.2) is 37.1 Å². The number of piperidine rings is 1. The molecule has 2 aliphatic heterocycles. The van der Waals surface area contributed by atoms with Crippen LogP contribution in [0.4, 0.5) is 4.79 Å². The van der Waals surface area contributed by atoms with E-state index in [9.17, 15) is 9.59 Å². The first-order chi connectivity index (χ1) is 16.0. The van der Waals surface area contributed by atoms with E-state index < -0.39 is 0 Å². The van der Waals surface area contributed by atoms with Crippen molar-refractivity contribution in [1.29, 1.82) is 0 Å². The third-order valence-electron chi connectivity index (χ3n) is 7.77. The van der Waals surface area contributed by atoms with Gasteiger partial charge in [0.1, 0.15) is 0 Å². The third-order valence-corrected chi connectivity index (χ3v) is 7.77. The Bertz CT molecular complexity index is 1060. The minimum atomic E-state index is -0.230. The number of likely N-dealkylation sites (tertiary alicyclic amines) is 1. The van der Waals surface area contributed by atoms with Gasteiger partial charge >= 0.3 is 6.03 Å². The van der Waals surface area contributed by atoms with Crippen LogP contribution in [-0.4, -0.2) is 84.0 Å². The number of carbonyl (C=O) groups excluding carboxylic acids is 2. The van der Waals surface area contributed by atoms with E-state index in [0.717, 1.165) is 38.8 Å². The summed E-state index contributed by atoms with van der Waals surface area (Å²) in [4.78, 5) is 36.2. The molecule has 33 heavy (non-hydrogen) atoms. The Kier molecular flexibility index (Phi) is 6.01. The van der Waals surface area contributed by atoms with Crippen molar-refractivity contribution in [2.75, 3.05) is 40.3 Å². The topological polar surface area (TPSA) is 71.7 Å². The van der Waals surface area contributed by atoms with Crippen LogP contribution in [0.1, 0.15) is 36.3 Å². The molecule has 1 aromatic carbocycles. The number of benzene rings is 1. The monoisotopic (exact) mass is 449 g/mol. The number of imide groups is 1. The number of urea groups is 1. The van der Waals surface area contributed by atoms with Gasteiger partial charge in [-0.1, -0.05) is 18.2 Å². The first-order valence-corrected chi connectivity index (χ1v) is 12.2. The lowest BCUT2D eigenvalue weighted by Crippen LogP contribution is -2.60. The summed E-state index contributed by atoms with van der Waals surface area (Å²) in [6, 6.07) is 6.54. The molecule has 1 aliphatic carbocycles. The number of rotatable bonds is 6. The molecule has 176 valence electrons. The molecule has 0 saturated carbocycles. The highest BCUT2D eigenvalue weighted by Gasteiger charge is 2.45. The Hall–Kier alpha value is -2.64. The van der Waals surface area contributed by atoms with Crippen molar-refractivity contribution < 1.29 is 9.59 Å². The number of nitrogens with zero attached hydrogens (tertiary/aromatic N) is 3. The Labute approximate surface area is 195 Å². The molecule has 0 spiro atoms. The summed E-state index contributed by atoms with van der Waals surface area (Å²) in [5.41, 5.74) is 3.86. The quantitative estimate of drug-likeness (QED) is 0.666. The largest absolute Gasteiger partial charge is 0.361 e. The Morgan fingerprint density at radius 1 is 1.33 bits per heavy atom. The third kappa shape index (κ3) is 3.97. The van der Waals surface area contributed by atoms with Gasteiger partial charge in [0.05, 0.1) is 5.92 Å². The predicted octanol–water partition coefficient (Wildman–Crippen LogP) is 2.95. The van der Waals surface area contributed by atoms with Crippen LogP contribution < -0.4 is 5.32 Å². The minimum Gasteiger partial charge on any atom is -0.361 e. The summed E-state index contributed by atoms with van der Waals surface area (Å²) in [6.07, 6.45) is 7.46. The van der Waals surface area contributed by atoms with Crippen LogP contribution in [0.25, 0.3) is 10.9 Å². The molecule has 2 aromatic rings. The standard InChI is InChI=1S/C26H35N5O2/c1-4-11-30-16-18(25(32)31-19(9-12-29(2)3)8-10-27-26(31)33)13-21-20-6-5-7-22-24(20)17(15-28-22)14-23(21)30/h4-7,15,18-19,21,23,28H,1,8-14,16H2,2-3H3,(H,27,33)/t18-,19?,21?,23-/m1/s1. The van der Waals surface area contributed by atoms with Gasteiger partial charge in [-0.05, 0) is 63.5 Å². The van der Waals surface area contributed by atoms with Gasteiger partial charge in [-0.15, -0.1) is 6.58 Å². The van der Waals surface area contributed by atoms with Gasteiger partial charge < -0.3 is 15.2 Å². The zero-order chi connectivity index (χ0) is 23.1. The van der Waals surface area contributed by atoms with Gasteiger partial charge in [-0.3, -0.25) is 14.6 Å². The van der Waals surface area contributed by atoms with Crippen LogP contribution in [0.3, 0.4) is 0 Å². The smallest absolute Gasteiger partial charge is 0.324 e. The Morgan fingerprint density at radius 3 is 2.97 bits per heavy atom. The molecule has 3 amide bonds. The van der Waals surface area contributed by atoms with Gasteiger partial charge in [0.15, 0.2) is 0 Å². The number of H-pyrrole nitrogens is 1. The van der Waals surface area contributed by atoms with E-state index in [0.29, 0.717) is 19.1 Å². The zero-order valence-electron chi connectivity index (χ0n) is 19.7. The molecule has 3 heterocycles. The lowest BCUT2D eigenvalue weighted by atomic mass is 9.72. The summed E-state index contributed by atoms with van der Waals surface area (Å²) in [6.45, 7) is 6.89. The number of hydrogen-bond acceptors (Lipinski definition) is 4. The van der Waals surface area contributed by atoms with Crippen molar-refractivity contribution in [3.8, 4) is 0 Å². The van der Waals surface area contributed by atoms with Gasteiger partial charge in [-0.25, -0.2) is 4.79 Å². The van der Waals surface area contributed by atoms with E-state index in [1.165, 1.54) is 22.0 Å². The number of hydrogen-bond donors (Lipinski definition) is 2. The molecule has 0 radical (unpaired) electrons. The molecule has 4 atom stereocenters. The fraction of sp³-hybridized carbons (Fsp3) is 0.538. The SMILES string of the molecule is C=CCN1C[C@H](C(=O)N2C(=O)NCCC2CCN(C)C)CC2c3cccc4[nH]cc(c34)C[C@H]21. The molecule has 7 nitrogen and oxygen atoms in total. The number of carbonyl (C=O) groups is 2. The lowest BCUT2D eigenvalue weighted by Gasteiger charge is -2.47. The zero-order valence-corrected chi connectivity index (χ0v) is 19.7. The van der Waals surface area contributed by atoms with Crippen LogP contribution >= 0.6 is 0 Å². The molecule has 2 fully saturated rings. The van der Waals surface area contributed by atoms with Crippen LogP contribution in [0.5, 0.6) is 0 Å². The molecule has 2 N–H and O–H groups in total. The predicted molar refractivity (Wildman–Crippen MR) is 130 cm³/mol. The summed E-state index contributed by atoms with van der Waals surface area (Å²) >= 11 is 0. The Morgan fingerprint density at radius 2 is 2.18 bits per heavy atom. The van der Waals surface area contributed by atoms with Crippen molar-refractivity contribution >= 4 is 22.8 Å². The minimum absolute atomic E-state index is 0.0180. The first kappa shape index (κ1) is 22.2. The highest BCUT2D eigenvalue weighted by molar-refractivity contribution is 5.97. The first-order valence-electron chi connectivity index (χ1n) is 12.2. The molecular weight excluding hydrogens is 414 g/mol. The average molecular weight is 450 g/mol. The maximum absolute atomic E-state index is 13.9. The fourth-order valence-electron chi connectivity index (χ4n) is 6.24. The second-order valence-corrected chi connectivity index (χ2v) is 10.1. The van der Waals surface area contributed by atoms with E-state index in [1.54, 1.807) is 4.90 Å². The van der Waals surface area contributed by atoms with Crippen LogP contribution in [0, 0.1) is 5.92 Å². The van der Waals surface area contributed by atoms with E-state index >= 15 is 0 Å². The lowest BCUT2D eigenvalue weighted by molar-refractivity contribution is -0.138. The molecular formula is C26H35N5O2. The van der Waals surface area contributed by atoms with Gasteiger partial charge in [-0.2, -0.15) is 0 Å². The summed E-state index contributed by atoms with van der Waals surface area (Å²) in [5.74, 6) is 0.0517. The van der Waals surface area contributed by atoms with Crippen molar-refractivity contribution in [2.24, 2.45) is 5.92 Å². The van der Waals surface area contributed by atoms with E-state index in [1.807, 2.05) is 20.2 Å². The highest BCUT2D eigenvalue weighted by Crippen LogP contribution is 2.45. The second kappa shape index (κ2) is 8.95. The number of aromatic nitrogens is 1. The molecule has 5 rings (SSSR count). The molecule has 0 bridgehead atoms. The highest BCUT2D eigenvalue weighted by atomic mass is 16.2. The molecule has 7 heteroatoms. The summed E-state index contributed by atoms with van der Waals surface area (Å²) in [5, 5.41) is 4.23. The van der Waals surface area contributed by atoms with Crippen molar-refractivity contribution in [2.45, 2.75) is 43.7 Å². The van der Waals surface area contributed by atoms with Crippen molar-refractivity contribution in [3.05, 3.63) is 48.2 Å². The maximum atomic E-state index is 13.9. The van der Waals surface area contributed by atoms with Gasteiger partial charge in [0, 0.05) is 54.7 Å².